The Morgan fingerprint density at radius 2 is 1.96 bits per heavy atom. The minimum absolute atomic E-state index is 0.0776. The second-order valence-electron chi connectivity index (χ2n) is 7.58. The number of ether oxygens (including phenoxy) is 1. The fourth-order valence-corrected chi connectivity index (χ4v) is 4.44. The van der Waals surface area contributed by atoms with Crippen molar-refractivity contribution in [1.29, 1.82) is 0 Å². The smallest absolute Gasteiger partial charge is 0.309 e. The van der Waals surface area contributed by atoms with Gasteiger partial charge in [0.2, 0.25) is 5.91 Å². The summed E-state index contributed by atoms with van der Waals surface area (Å²) in [7, 11) is 0. The van der Waals surface area contributed by atoms with Crippen LogP contribution in [0.15, 0.2) is 18.2 Å². The molecule has 28 heavy (non-hydrogen) atoms. The summed E-state index contributed by atoms with van der Waals surface area (Å²) in [6.07, 6.45) is 3.75. The number of nitrogens with zero attached hydrogens (tertiary/aromatic N) is 2. The number of halogens is 2. The Bertz CT molecular complexity index is 687. The molecule has 1 unspecified atom stereocenters. The number of hydrogen-bond donors (Lipinski definition) is 0. The molecule has 2 aliphatic rings. The summed E-state index contributed by atoms with van der Waals surface area (Å²) in [6, 6.07) is 4.87. The summed E-state index contributed by atoms with van der Waals surface area (Å²) in [4.78, 5) is 28.6. The quantitative estimate of drug-likeness (QED) is 0.675. The van der Waals surface area contributed by atoms with E-state index < -0.39 is 0 Å². The van der Waals surface area contributed by atoms with E-state index in [1.54, 1.807) is 19.1 Å². The van der Waals surface area contributed by atoms with Gasteiger partial charge in [-0.2, -0.15) is 0 Å². The summed E-state index contributed by atoms with van der Waals surface area (Å²) >= 11 is 6.17. The van der Waals surface area contributed by atoms with Gasteiger partial charge in [0.25, 0.3) is 0 Å². The highest BCUT2D eigenvalue weighted by molar-refractivity contribution is 6.31. The van der Waals surface area contributed by atoms with Crippen molar-refractivity contribution in [2.75, 3.05) is 32.8 Å². The number of carbonyl (C=O) groups excluding carboxylic acids is 2. The molecule has 154 valence electrons. The van der Waals surface area contributed by atoms with Crippen molar-refractivity contribution in [3.63, 3.8) is 0 Å². The first-order valence-electron chi connectivity index (χ1n) is 10.1. The Hall–Kier alpha value is -1.66. The maximum absolute atomic E-state index is 14.1. The van der Waals surface area contributed by atoms with Gasteiger partial charge in [0.05, 0.1) is 19.1 Å². The Labute approximate surface area is 170 Å². The molecule has 1 aromatic carbocycles. The molecular formula is C21H28ClFN2O3. The van der Waals surface area contributed by atoms with Crippen molar-refractivity contribution < 1.29 is 18.7 Å². The summed E-state index contributed by atoms with van der Waals surface area (Å²) in [5.41, 5.74) is 0.531. The molecule has 0 aliphatic carbocycles. The van der Waals surface area contributed by atoms with Gasteiger partial charge >= 0.3 is 5.97 Å². The first-order valence-corrected chi connectivity index (χ1v) is 10.5. The van der Waals surface area contributed by atoms with Gasteiger partial charge < -0.3 is 9.64 Å². The molecule has 0 saturated carbocycles. The number of amides is 1. The number of hydrogen-bond acceptors (Lipinski definition) is 4. The maximum Gasteiger partial charge on any atom is 0.309 e. The van der Waals surface area contributed by atoms with Gasteiger partial charge in [-0.1, -0.05) is 17.7 Å². The van der Waals surface area contributed by atoms with Crippen LogP contribution < -0.4 is 0 Å². The highest BCUT2D eigenvalue weighted by atomic mass is 35.5. The van der Waals surface area contributed by atoms with E-state index >= 15 is 0 Å². The summed E-state index contributed by atoms with van der Waals surface area (Å²) < 4.78 is 19.2. The second kappa shape index (κ2) is 9.70. The maximum atomic E-state index is 14.1. The molecule has 7 heteroatoms. The van der Waals surface area contributed by atoms with Gasteiger partial charge in [-0.3, -0.25) is 14.5 Å². The van der Waals surface area contributed by atoms with Gasteiger partial charge in [0.15, 0.2) is 0 Å². The van der Waals surface area contributed by atoms with Gasteiger partial charge in [0, 0.05) is 29.7 Å². The van der Waals surface area contributed by atoms with E-state index in [4.69, 9.17) is 16.3 Å². The SMILES string of the molecule is CCOC(=O)C1CCN(C(=O)CN2CCCC2Cc2c(F)cccc2Cl)CC1. The predicted octanol–water partition coefficient (Wildman–Crippen LogP) is 3.29. The van der Waals surface area contributed by atoms with Crippen molar-refractivity contribution in [3.8, 4) is 0 Å². The van der Waals surface area contributed by atoms with Crippen molar-refractivity contribution in [2.45, 2.75) is 45.1 Å². The molecular weight excluding hydrogens is 383 g/mol. The molecule has 3 rings (SSSR count). The van der Waals surface area contributed by atoms with Crippen LogP contribution >= 0.6 is 11.6 Å². The molecule has 2 saturated heterocycles. The van der Waals surface area contributed by atoms with Gasteiger partial charge in [0.1, 0.15) is 5.82 Å². The number of likely N-dealkylation sites (tertiary alicyclic amines) is 2. The molecule has 0 radical (unpaired) electrons. The number of carbonyl (C=O) groups is 2. The first kappa shape index (κ1) is 21.1. The van der Waals surface area contributed by atoms with E-state index in [1.807, 2.05) is 4.90 Å². The highest BCUT2D eigenvalue weighted by Gasteiger charge is 2.32. The third kappa shape index (κ3) is 5.03. The molecule has 2 aliphatic heterocycles. The van der Waals surface area contributed by atoms with Crippen molar-refractivity contribution >= 4 is 23.5 Å². The fourth-order valence-electron chi connectivity index (χ4n) is 4.20. The molecule has 1 aromatic rings. The molecule has 2 fully saturated rings. The van der Waals surface area contributed by atoms with E-state index in [-0.39, 0.29) is 29.7 Å². The average Bonchev–Trinajstić information content (AvgIpc) is 3.12. The Kier molecular flexibility index (Phi) is 7.30. The zero-order valence-electron chi connectivity index (χ0n) is 16.3. The second-order valence-corrected chi connectivity index (χ2v) is 7.99. The third-order valence-corrected chi connectivity index (χ3v) is 6.16. The molecule has 1 atom stereocenters. The number of rotatable bonds is 6. The van der Waals surface area contributed by atoms with E-state index in [0.717, 1.165) is 19.4 Å². The number of piperidine rings is 1. The monoisotopic (exact) mass is 410 g/mol. The van der Waals surface area contributed by atoms with Crippen LogP contribution in [0, 0.1) is 11.7 Å². The van der Waals surface area contributed by atoms with E-state index in [2.05, 4.69) is 4.90 Å². The topological polar surface area (TPSA) is 49.9 Å². The zero-order valence-corrected chi connectivity index (χ0v) is 17.1. The fraction of sp³-hybridized carbons (Fsp3) is 0.619. The van der Waals surface area contributed by atoms with Crippen LogP contribution in [-0.2, 0) is 20.7 Å². The molecule has 2 heterocycles. The lowest BCUT2D eigenvalue weighted by molar-refractivity contribution is -0.151. The van der Waals surface area contributed by atoms with Gasteiger partial charge in [-0.25, -0.2) is 4.39 Å². The third-order valence-electron chi connectivity index (χ3n) is 5.81. The summed E-state index contributed by atoms with van der Waals surface area (Å²) in [5.74, 6) is -0.469. The minimum Gasteiger partial charge on any atom is -0.466 e. The molecule has 0 N–H and O–H groups in total. The Morgan fingerprint density at radius 1 is 1.21 bits per heavy atom. The van der Waals surface area contributed by atoms with Crippen LogP contribution in [0.1, 0.15) is 38.2 Å². The molecule has 0 bridgehead atoms. The van der Waals surface area contributed by atoms with Crippen LogP contribution in [0.2, 0.25) is 5.02 Å². The van der Waals surface area contributed by atoms with E-state index in [1.165, 1.54) is 6.07 Å². The highest BCUT2D eigenvalue weighted by Crippen LogP contribution is 2.27. The Morgan fingerprint density at radius 3 is 2.64 bits per heavy atom. The molecule has 0 spiro atoms. The Balaban J connectivity index is 1.53. The van der Waals surface area contributed by atoms with Gasteiger partial charge in [-0.05, 0) is 57.7 Å². The molecule has 0 aromatic heterocycles. The number of esters is 1. The first-order chi connectivity index (χ1) is 13.5. The van der Waals surface area contributed by atoms with Crippen molar-refractivity contribution in [2.24, 2.45) is 5.92 Å². The van der Waals surface area contributed by atoms with Crippen LogP contribution in [0.25, 0.3) is 0 Å². The van der Waals surface area contributed by atoms with Gasteiger partial charge in [-0.15, -0.1) is 0 Å². The van der Waals surface area contributed by atoms with Crippen molar-refractivity contribution in [3.05, 3.63) is 34.6 Å². The summed E-state index contributed by atoms with van der Waals surface area (Å²) in [5, 5.41) is 0.444. The largest absolute Gasteiger partial charge is 0.466 e. The minimum atomic E-state index is -0.285. The van der Waals surface area contributed by atoms with Crippen LogP contribution in [0.3, 0.4) is 0 Å². The normalized spacial score (nSPS) is 21.1. The van der Waals surface area contributed by atoms with E-state index in [9.17, 15) is 14.0 Å². The van der Waals surface area contributed by atoms with Crippen LogP contribution in [0.4, 0.5) is 4.39 Å². The standard InChI is InChI=1S/C21H28ClFN2O3/c1-2-28-21(27)15-8-11-24(12-9-15)20(26)14-25-10-4-5-16(25)13-17-18(22)6-3-7-19(17)23/h3,6-7,15-16H,2,4-5,8-14H2,1H3. The predicted molar refractivity (Wildman–Crippen MR) is 106 cm³/mol. The number of benzene rings is 1. The van der Waals surface area contributed by atoms with E-state index in [0.29, 0.717) is 56.1 Å². The average molecular weight is 411 g/mol. The van der Waals surface area contributed by atoms with Crippen LogP contribution in [0.5, 0.6) is 0 Å². The van der Waals surface area contributed by atoms with Crippen LogP contribution in [-0.4, -0.2) is 60.5 Å². The lowest BCUT2D eigenvalue weighted by atomic mass is 9.97. The lowest BCUT2D eigenvalue weighted by Crippen LogP contribution is -2.46. The molecule has 1 amide bonds. The zero-order chi connectivity index (χ0) is 20.1. The van der Waals surface area contributed by atoms with Crippen molar-refractivity contribution in [1.82, 2.24) is 9.80 Å². The lowest BCUT2D eigenvalue weighted by Gasteiger charge is -2.33. The summed E-state index contributed by atoms with van der Waals surface area (Å²) in [6.45, 7) is 4.53. The molecule has 5 nitrogen and oxygen atoms in total.